The molecule has 1 fully saturated rings. The van der Waals surface area contributed by atoms with Crippen LogP contribution in [-0.4, -0.2) is 33.3 Å². The van der Waals surface area contributed by atoms with Crippen molar-refractivity contribution in [2.75, 3.05) is 6.54 Å². The summed E-state index contributed by atoms with van der Waals surface area (Å²) in [6.07, 6.45) is 3.44. The van der Waals surface area contributed by atoms with E-state index in [1.165, 1.54) is 6.42 Å². The molecule has 2 rings (SSSR count). The number of urea groups is 1. The minimum Gasteiger partial charge on any atom is -0.331 e. The summed E-state index contributed by atoms with van der Waals surface area (Å²) in [4.78, 5) is 14.4. The van der Waals surface area contributed by atoms with Crippen LogP contribution in [0.1, 0.15) is 56.1 Å². The Balaban J connectivity index is 2.07. The lowest BCUT2D eigenvalue weighted by atomic mass is 10.0. The average molecular weight is 278 g/mol. The van der Waals surface area contributed by atoms with Crippen LogP contribution in [0.4, 0.5) is 4.79 Å². The quantitative estimate of drug-likeness (QED) is 0.904. The van der Waals surface area contributed by atoms with Gasteiger partial charge in [-0.1, -0.05) is 0 Å². The number of hydrogen-bond donors (Lipinski definition) is 1. The number of carbonyl (C=O) groups is 1. The van der Waals surface area contributed by atoms with Gasteiger partial charge in [0.25, 0.3) is 0 Å². The van der Waals surface area contributed by atoms with E-state index in [0.717, 1.165) is 36.3 Å². The summed E-state index contributed by atoms with van der Waals surface area (Å²) in [5.74, 6) is 0. The first-order valence-electron chi connectivity index (χ1n) is 7.49. The number of nitrogens with zero attached hydrogens (tertiary/aromatic N) is 3. The molecule has 2 amide bonds. The number of aryl methyl sites for hydroxylation is 2. The molecule has 5 nitrogen and oxygen atoms in total. The van der Waals surface area contributed by atoms with Crippen LogP contribution in [-0.2, 0) is 7.05 Å². The maximum atomic E-state index is 12.4. The summed E-state index contributed by atoms with van der Waals surface area (Å²) in [6, 6.07) is 0.379. The van der Waals surface area contributed by atoms with Gasteiger partial charge in [-0.05, 0) is 47.0 Å². The second kappa shape index (κ2) is 5.85. The number of amides is 2. The zero-order valence-corrected chi connectivity index (χ0v) is 13.2. The summed E-state index contributed by atoms with van der Waals surface area (Å²) >= 11 is 0. The molecule has 0 radical (unpaired) electrons. The Bertz CT molecular complexity index is 494. The number of hydrogen-bond acceptors (Lipinski definition) is 2. The predicted octanol–water partition coefficient (Wildman–Crippen LogP) is 2.68. The zero-order chi connectivity index (χ0) is 14.9. The van der Waals surface area contributed by atoms with Crippen LogP contribution in [0, 0.1) is 13.8 Å². The summed E-state index contributed by atoms with van der Waals surface area (Å²) in [7, 11) is 1.94. The fourth-order valence-corrected chi connectivity index (χ4v) is 3.16. The molecule has 1 aromatic heterocycles. The van der Waals surface area contributed by atoms with Gasteiger partial charge in [-0.3, -0.25) is 4.68 Å². The van der Waals surface area contributed by atoms with Crippen LogP contribution in [0.2, 0.25) is 0 Å². The second-order valence-corrected chi connectivity index (χ2v) is 5.92. The first kappa shape index (κ1) is 14.9. The molecule has 2 unspecified atom stereocenters. The maximum Gasteiger partial charge on any atom is 0.318 e. The van der Waals surface area contributed by atoms with Gasteiger partial charge in [-0.15, -0.1) is 0 Å². The third-order valence-electron chi connectivity index (χ3n) is 4.40. The number of likely N-dealkylation sites (tertiary alicyclic amines) is 1. The molecule has 1 aliphatic rings. The smallest absolute Gasteiger partial charge is 0.318 e. The summed E-state index contributed by atoms with van der Waals surface area (Å²) < 4.78 is 1.87. The third-order valence-corrected chi connectivity index (χ3v) is 4.40. The monoisotopic (exact) mass is 278 g/mol. The van der Waals surface area contributed by atoms with E-state index in [1.807, 2.05) is 37.4 Å². The molecular weight excluding hydrogens is 252 g/mol. The minimum atomic E-state index is -0.00896. The van der Waals surface area contributed by atoms with Gasteiger partial charge in [0.2, 0.25) is 0 Å². The molecule has 0 aromatic carbocycles. The summed E-state index contributed by atoms with van der Waals surface area (Å²) in [6.45, 7) is 9.06. The largest absolute Gasteiger partial charge is 0.331 e. The van der Waals surface area contributed by atoms with Gasteiger partial charge >= 0.3 is 6.03 Å². The van der Waals surface area contributed by atoms with Crippen molar-refractivity contribution in [2.24, 2.45) is 7.05 Å². The van der Waals surface area contributed by atoms with Crippen molar-refractivity contribution in [2.45, 2.75) is 59.0 Å². The molecule has 1 aromatic rings. The number of rotatable bonds is 2. The number of aromatic nitrogens is 2. The van der Waals surface area contributed by atoms with E-state index in [0.29, 0.717) is 6.04 Å². The highest BCUT2D eigenvalue weighted by molar-refractivity contribution is 5.75. The SMILES string of the molecule is Cc1nn(C)c(C)c1C(C)NC(=O)N1CCCCC1C. The van der Waals surface area contributed by atoms with E-state index in [-0.39, 0.29) is 12.1 Å². The lowest BCUT2D eigenvalue weighted by Crippen LogP contribution is -2.48. The molecule has 20 heavy (non-hydrogen) atoms. The second-order valence-electron chi connectivity index (χ2n) is 5.92. The minimum absolute atomic E-state index is 0.00896. The third kappa shape index (κ3) is 2.81. The van der Waals surface area contributed by atoms with E-state index in [2.05, 4.69) is 17.3 Å². The van der Waals surface area contributed by atoms with Crippen LogP contribution in [0.5, 0.6) is 0 Å². The Morgan fingerprint density at radius 1 is 1.40 bits per heavy atom. The molecule has 0 bridgehead atoms. The van der Waals surface area contributed by atoms with E-state index in [1.54, 1.807) is 0 Å². The number of carbonyl (C=O) groups excluding carboxylic acids is 1. The van der Waals surface area contributed by atoms with E-state index >= 15 is 0 Å². The van der Waals surface area contributed by atoms with Crippen LogP contribution in [0.3, 0.4) is 0 Å². The first-order chi connectivity index (χ1) is 9.41. The van der Waals surface area contributed by atoms with Crippen molar-refractivity contribution in [1.82, 2.24) is 20.0 Å². The predicted molar refractivity (Wildman–Crippen MR) is 79.6 cm³/mol. The Hall–Kier alpha value is -1.52. The van der Waals surface area contributed by atoms with Crippen molar-refractivity contribution in [1.29, 1.82) is 0 Å². The molecule has 112 valence electrons. The summed E-state index contributed by atoms with van der Waals surface area (Å²) in [5, 5.41) is 7.54. The molecular formula is C15H26N4O. The average Bonchev–Trinajstić information content (AvgIpc) is 2.63. The van der Waals surface area contributed by atoms with Gasteiger partial charge in [0.15, 0.2) is 0 Å². The van der Waals surface area contributed by atoms with Crippen LogP contribution < -0.4 is 5.32 Å². The normalized spacial score (nSPS) is 20.9. The number of piperidine rings is 1. The first-order valence-corrected chi connectivity index (χ1v) is 7.49. The molecule has 5 heteroatoms. The lowest BCUT2D eigenvalue weighted by Gasteiger charge is -2.34. The van der Waals surface area contributed by atoms with Crippen LogP contribution in [0.15, 0.2) is 0 Å². The van der Waals surface area contributed by atoms with Crippen molar-refractivity contribution in [3.63, 3.8) is 0 Å². The molecule has 2 heterocycles. The van der Waals surface area contributed by atoms with Gasteiger partial charge in [0, 0.05) is 30.9 Å². The molecule has 0 aliphatic carbocycles. The van der Waals surface area contributed by atoms with Crippen molar-refractivity contribution < 1.29 is 4.79 Å². The Morgan fingerprint density at radius 2 is 2.10 bits per heavy atom. The van der Waals surface area contributed by atoms with Crippen molar-refractivity contribution >= 4 is 6.03 Å². The van der Waals surface area contributed by atoms with E-state index in [9.17, 15) is 4.79 Å². The molecule has 0 spiro atoms. The van der Waals surface area contributed by atoms with Crippen molar-refractivity contribution in [3.8, 4) is 0 Å². The van der Waals surface area contributed by atoms with Gasteiger partial charge < -0.3 is 10.2 Å². The van der Waals surface area contributed by atoms with Gasteiger partial charge in [0.05, 0.1) is 11.7 Å². The standard InChI is InChI=1S/C15H26N4O/c1-10-8-6-7-9-19(10)15(20)16-11(2)14-12(3)17-18(5)13(14)4/h10-11H,6-9H2,1-5H3,(H,16,20). The van der Waals surface area contributed by atoms with Gasteiger partial charge in [-0.25, -0.2) is 4.79 Å². The lowest BCUT2D eigenvalue weighted by molar-refractivity contribution is 0.155. The van der Waals surface area contributed by atoms with Crippen LogP contribution in [0.25, 0.3) is 0 Å². The topological polar surface area (TPSA) is 50.2 Å². The Kier molecular flexibility index (Phi) is 4.35. The Morgan fingerprint density at radius 3 is 2.65 bits per heavy atom. The molecule has 1 N–H and O–H groups in total. The molecule has 2 atom stereocenters. The fourth-order valence-electron chi connectivity index (χ4n) is 3.16. The van der Waals surface area contributed by atoms with E-state index in [4.69, 9.17) is 0 Å². The fraction of sp³-hybridized carbons (Fsp3) is 0.733. The molecule has 1 saturated heterocycles. The Labute approximate surface area is 121 Å². The highest BCUT2D eigenvalue weighted by Gasteiger charge is 2.25. The highest BCUT2D eigenvalue weighted by atomic mass is 16.2. The number of nitrogens with one attached hydrogen (secondary N) is 1. The maximum absolute atomic E-state index is 12.4. The highest BCUT2D eigenvalue weighted by Crippen LogP contribution is 2.22. The van der Waals surface area contributed by atoms with Gasteiger partial charge in [-0.2, -0.15) is 5.10 Å². The molecule has 0 saturated carbocycles. The zero-order valence-electron chi connectivity index (χ0n) is 13.2. The van der Waals surface area contributed by atoms with Crippen molar-refractivity contribution in [3.05, 3.63) is 17.0 Å². The van der Waals surface area contributed by atoms with Crippen LogP contribution >= 0.6 is 0 Å². The van der Waals surface area contributed by atoms with Gasteiger partial charge in [0.1, 0.15) is 0 Å². The van der Waals surface area contributed by atoms with E-state index < -0.39 is 0 Å². The molecule has 1 aliphatic heterocycles. The summed E-state index contributed by atoms with van der Waals surface area (Å²) in [5.41, 5.74) is 3.23.